The lowest BCUT2D eigenvalue weighted by molar-refractivity contribution is -0.384. The van der Waals surface area contributed by atoms with Crippen molar-refractivity contribution in [3.63, 3.8) is 0 Å². The van der Waals surface area contributed by atoms with Gasteiger partial charge < -0.3 is 4.90 Å². The molecule has 5 nitrogen and oxygen atoms in total. The molecule has 0 saturated heterocycles. The Hall–Kier alpha value is -1.62. The number of hydrogen-bond acceptors (Lipinski definition) is 3. The minimum absolute atomic E-state index is 0.0935. The van der Waals surface area contributed by atoms with E-state index in [0.29, 0.717) is 23.7 Å². The number of carbonyl (C=O) groups is 1. The first-order valence-corrected chi connectivity index (χ1v) is 6.07. The van der Waals surface area contributed by atoms with Crippen LogP contribution in [0.25, 0.3) is 0 Å². The van der Waals surface area contributed by atoms with E-state index in [1.54, 1.807) is 19.9 Å². The van der Waals surface area contributed by atoms with Gasteiger partial charge in [0.15, 0.2) is 0 Å². The summed E-state index contributed by atoms with van der Waals surface area (Å²) in [4.78, 5) is 24.1. The lowest BCUT2D eigenvalue weighted by Gasteiger charge is -2.19. The van der Waals surface area contributed by atoms with Crippen molar-refractivity contribution in [2.45, 2.75) is 20.3 Å². The molecule has 0 radical (unpaired) electrons. The van der Waals surface area contributed by atoms with E-state index in [1.165, 1.54) is 11.0 Å². The largest absolute Gasteiger partial charge is 0.306 e. The number of nitro benzene ring substituents is 1. The van der Waals surface area contributed by atoms with Crippen LogP contribution < -0.4 is 4.90 Å². The highest BCUT2D eigenvalue weighted by atomic mass is 35.5. The summed E-state index contributed by atoms with van der Waals surface area (Å²) in [6.45, 7) is 4.04. The first-order valence-electron chi connectivity index (χ1n) is 5.70. The molecule has 0 atom stereocenters. The smallest absolute Gasteiger partial charge is 0.294 e. The minimum atomic E-state index is -0.489. The number of halogens is 1. The lowest BCUT2D eigenvalue weighted by Crippen LogP contribution is -2.32. The number of fused-ring (bicyclic) bond motifs is 1. The van der Waals surface area contributed by atoms with Gasteiger partial charge in [-0.05, 0) is 18.1 Å². The topological polar surface area (TPSA) is 63.5 Å². The Morgan fingerprint density at radius 1 is 1.50 bits per heavy atom. The Kier molecular flexibility index (Phi) is 3.26. The maximum atomic E-state index is 12.0. The van der Waals surface area contributed by atoms with Gasteiger partial charge in [0.05, 0.1) is 4.92 Å². The zero-order chi connectivity index (χ0) is 13.4. The van der Waals surface area contributed by atoms with Crippen molar-refractivity contribution in [2.75, 3.05) is 11.4 Å². The van der Waals surface area contributed by atoms with E-state index in [1.807, 2.05) is 0 Å². The van der Waals surface area contributed by atoms with E-state index in [9.17, 15) is 14.9 Å². The van der Waals surface area contributed by atoms with E-state index in [0.717, 1.165) is 5.56 Å². The number of benzene rings is 1. The normalized spacial score (nSPS) is 13.9. The molecule has 1 heterocycles. The average molecular weight is 269 g/mol. The maximum Gasteiger partial charge on any atom is 0.294 e. The molecule has 0 aromatic heterocycles. The SMILES string of the molecule is CC(C)C(=O)N1CCc2cc(Cl)cc([N+](=O)[O-])c21. The molecule has 0 bridgehead atoms. The van der Waals surface area contributed by atoms with Crippen LogP contribution in [-0.4, -0.2) is 17.4 Å². The van der Waals surface area contributed by atoms with Crippen LogP contribution in [0.5, 0.6) is 0 Å². The van der Waals surface area contributed by atoms with E-state index in [-0.39, 0.29) is 17.5 Å². The van der Waals surface area contributed by atoms with Gasteiger partial charge in [-0.15, -0.1) is 0 Å². The summed E-state index contributed by atoms with van der Waals surface area (Å²) in [6.07, 6.45) is 0.606. The zero-order valence-electron chi connectivity index (χ0n) is 10.1. The summed E-state index contributed by atoms with van der Waals surface area (Å²) in [7, 11) is 0. The second-order valence-electron chi connectivity index (χ2n) is 4.58. The molecule has 2 rings (SSSR count). The fourth-order valence-electron chi connectivity index (χ4n) is 2.16. The molecule has 0 fully saturated rings. The predicted molar refractivity (Wildman–Crippen MR) is 69.0 cm³/mol. The molecule has 1 aromatic rings. The van der Waals surface area contributed by atoms with Gasteiger partial charge >= 0.3 is 0 Å². The molecule has 0 spiro atoms. The molecule has 1 aliphatic rings. The molecule has 0 unspecified atom stereocenters. The Balaban J connectivity index is 2.55. The standard InChI is InChI=1S/C12H13ClN2O3/c1-7(2)12(16)14-4-3-8-5-9(13)6-10(11(8)14)15(17)18/h5-7H,3-4H2,1-2H3. The van der Waals surface area contributed by atoms with Crippen molar-refractivity contribution >= 4 is 28.9 Å². The molecule has 1 aliphatic heterocycles. The molecule has 96 valence electrons. The van der Waals surface area contributed by atoms with E-state index in [2.05, 4.69) is 0 Å². The van der Waals surface area contributed by atoms with Crippen LogP contribution in [0.4, 0.5) is 11.4 Å². The van der Waals surface area contributed by atoms with E-state index >= 15 is 0 Å². The molecular formula is C12H13ClN2O3. The van der Waals surface area contributed by atoms with Crippen LogP contribution >= 0.6 is 11.6 Å². The lowest BCUT2D eigenvalue weighted by atomic mass is 10.1. The molecule has 0 aliphatic carbocycles. The van der Waals surface area contributed by atoms with Crippen LogP contribution in [0.15, 0.2) is 12.1 Å². The van der Waals surface area contributed by atoms with Crippen molar-refractivity contribution in [3.8, 4) is 0 Å². The Morgan fingerprint density at radius 2 is 2.17 bits per heavy atom. The number of nitro groups is 1. The molecular weight excluding hydrogens is 256 g/mol. The fraction of sp³-hybridized carbons (Fsp3) is 0.417. The fourth-order valence-corrected chi connectivity index (χ4v) is 2.39. The number of anilines is 1. The van der Waals surface area contributed by atoms with Crippen LogP contribution in [-0.2, 0) is 11.2 Å². The second kappa shape index (κ2) is 4.57. The van der Waals surface area contributed by atoms with Crippen molar-refractivity contribution in [1.82, 2.24) is 0 Å². The summed E-state index contributed by atoms with van der Waals surface area (Å²) in [5, 5.41) is 11.4. The number of carbonyl (C=O) groups excluding carboxylic acids is 1. The van der Waals surface area contributed by atoms with Crippen LogP contribution in [0.2, 0.25) is 5.02 Å². The van der Waals surface area contributed by atoms with Crippen LogP contribution in [0.3, 0.4) is 0 Å². The van der Waals surface area contributed by atoms with Gasteiger partial charge in [0.25, 0.3) is 5.69 Å². The summed E-state index contributed by atoms with van der Waals surface area (Å²) >= 11 is 5.85. The third-order valence-electron chi connectivity index (χ3n) is 2.96. The summed E-state index contributed by atoms with van der Waals surface area (Å²) in [5.41, 5.74) is 1.08. The predicted octanol–water partition coefficient (Wildman–Crippen LogP) is 2.79. The van der Waals surface area contributed by atoms with Crippen LogP contribution in [0.1, 0.15) is 19.4 Å². The highest BCUT2D eigenvalue weighted by Gasteiger charge is 2.33. The number of nitrogens with zero attached hydrogens (tertiary/aromatic N) is 2. The maximum absolute atomic E-state index is 12.0. The number of amides is 1. The Labute approximate surface area is 109 Å². The highest BCUT2D eigenvalue weighted by Crippen LogP contribution is 2.39. The van der Waals surface area contributed by atoms with Gasteiger partial charge in [0.1, 0.15) is 5.69 Å². The Bertz CT molecular complexity index is 528. The molecule has 0 saturated carbocycles. The van der Waals surface area contributed by atoms with Crippen molar-refractivity contribution < 1.29 is 9.72 Å². The van der Waals surface area contributed by atoms with E-state index in [4.69, 9.17) is 11.6 Å². The number of rotatable bonds is 2. The quantitative estimate of drug-likeness (QED) is 0.612. The number of hydrogen-bond donors (Lipinski definition) is 0. The van der Waals surface area contributed by atoms with Gasteiger partial charge in [0.2, 0.25) is 5.91 Å². The first kappa shape index (κ1) is 12.8. The molecule has 6 heteroatoms. The first-order chi connectivity index (χ1) is 8.41. The third-order valence-corrected chi connectivity index (χ3v) is 3.18. The Morgan fingerprint density at radius 3 is 2.72 bits per heavy atom. The van der Waals surface area contributed by atoms with Gasteiger partial charge in [-0.2, -0.15) is 0 Å². The summed E-state index contributed by atoms with van der Waals surface area (Å²) in [5.74, 6) is -0.287. The van der Waals surface area contributed by atoms with Crippen LogP contribution in [0, 0.1) is 16.0 Å². The summed E-state index contributed by atoms with van der Waals surface area (Å²) < 4.78 is 0. The van der Waals surface area contributed by atoms with Crippen molar-refractivity contribution in [1.29, 1.82) is 0 Å². The zero-order valence-corrected chi connectivity index (χ0v) is 10.9. The molecule has 0 N–H and O–H groups in total. The van der Waals surface area contributed by atoms with Crippen molar-refractivity contribution in [3.05, 3.63) is 32.8 Å². The third kappa shape index (κ3) is 2.06. The van der Waals surface area contributed by atoms with Crippen molar-refractivity contribution in [2.24, 2.45) is 5.92 Å². The molecule has 1 aromatic carbocycles. The molecule has 1 amide bonds. The van der Waals surface area contributed by atoms with Gasteiger partial charge in [-0.25, -0.2) is 0 Å². The average Bonchev–Trinajstić information content (AvgIpc) is 2.69. The van der Waals surface area contributed by atoms with Gasteiger partial charge in [0, 0.05) is 23.6 Å². The second-order valence-corrected chi connectivity index (χ2v) is 5.02. The van der Waals surface area contributed by atoms with E-state index < -0.39 is 4.92 Å². The summed E-state index contributed by atoms with van der Waals surface area (Å²) in [6, 6.07) is 2.99. The highest BCUT2D eigenvalue weighted by molar-refractivity contribution is 6.31. The van der Waals surface area contributed by atoms with Gasteiger partial charge in [-0.1, -0.05) is 25.4 Å². The van der Waals surface area contributed by atoms with Gasteiger partial charge in [-0.3, -0.25) is 14.9 Å². The minimum Gasteiger partial charge on any atom is -0.306 e. The monoisotopic (exact) mass is 268 g/mol. The molecule has 18 heavy (non-hydrogen) atoms.